The number of hydrogen-bond acceptors (Lipinski definition) is 6. The number of aromatic hydroxyl groups is 1. The Morgan fingerprint density at radius 3 is 2.26 bits per heavy atom. The maximum absolute atomic E-state index is 12.8. The minimum atomic E-state index is -0.428. The van der Waals surface area contributed by atoms with Crippen LogP contribution in [-0.2, 0) is 4.79 Å². The van der Waals surface area contributed by atoms with Gasteiger partial charge in [-0.3, -0.25) is 9.59 Å². The van der Waals surface area contributed by atoms with Crippen LogP contribution >= 0.6 is 11.8 Å². The lowest BCUT2D eigenvalue weighted by Crippen LogP contribution is -2.27. The molecule has 6 nitrogen and oxygen atoms in total. The molecule has 1 aliphatic rings. The molecule has 0 radical (unpaired) electrons. The second-order valence-electron chi connectivity index (χ2n) is 7.06. The van der Waals surface area contributed by atoms with E-state index >= 15 is 0 Å². The van der Waals surface area contributed by atoms with E-state index in [2.05, 4.69) is 10.2 Å². The molecule has 0 bridgehead atoms. The van der Waals surface area contributed by atoms with Gasteiger partial charge in [-0.15, -0.1) is 0 Å². The van der Waals surface area contributed by atoms with Gasteiger partial charge >= 0.3 is 0 Å². The van der Waals surface area contributed by atoms with Crippen molar-refractivity contribution in [1.29, 1.82) is 0 Å². The van der Waals surface area contributed by atoms with E-state index in [0.29, 0.717) is 16.9 Å². The Morgan fingerprint density at radius 2 is 1.55 bits per heavy atom. The van der Waals surface area contributed by atoms with Crippen molar-refractivity contribution in [3.05, 3.63) is 88.3 Å². The third-order valence-electron chi connectivity index (χ3n) is 4.88. The third-order valence-corrected chi connectivity index (χ3v) is 5.75. The van der Waals surface area contributed by atoms with Crippen molar-refractivity contribution in [2.24, 2.45) is 10.2 Å². The number of carbonyl (C=O) groups is 2. The lowest BCUT2D eigenvalue weighted by Gasteiger charge is -2.11. The predicted octanol–water partition coefficient (Wildman–Crippen LogP) is 6.67. The Kier molecular flexibility index (Phi) is 5.68. The molecule has 0 spiro atoms. The van der Waals surface area contributed by atoms with Crippen LogP contribution < -0.4 is 4.90 Å². The van der Waals surface area contributed by atoms with Crippen LogP contribution in [0.3, 0.4) is 0 Å². The average molecular weight is 430 g/mol. The monoisotopic (exact) mass is 429 g/mol. The molecule has 1 fully saturated rings. The summed E-state index contributed by atoms with van der Waals surface area (Å²) in [4.78, 5) is 26.5. The number of carbonyl (C=O) groups excluding carboxylic acids is 2. The van der Waals surface area contributed by atoms with E-state index < -0.39 is 5.91 Å². The highest BCUT2D eigenvalue weighted by Crippen LogP contribution is 2.37. The molecule has 31 heavy (non-hydrogen) atoms. The van der Waals surface area contributed by atoms with E-state index in [1.807, 2.05) is 38.1 Å². The normalized spacial score (nSPS) is 15.4. The minimum absolute atomic E-state index is 0.0170. The fourth-order valence-electron chi connectivity index (χ4n) is 3.03. The summed E-state index contributed by atoms with van der Waals surface area (Å²) in [6.07, 6.45) is 1.50. The number of amides is 2. The fourth-order valence-corrected chi connectivity index (χ4v) is 3.86. The van der Waals surface area contributed by atoms with Crippen LogP contribution in [0, 0.1) is 13.8 Å². The van der Waals surface area contributed by atoms with E-state index in [1.165, 1.54) is 17.7 Å². The Morgan fingerprint density at radius 1 is 0.871 bits per heavy atom. The van der Waals surface area contributed by atoms with Crippen molar-refractivity contribution >= 4 is 46.0 Å². The summed E-state index contributed by atoms with van der Waals surface area (Å²) in [5.74, 6) is -0.445. The second kappa shape index (κ2) is 8.57. The van der Waals surface area contributed by atoms with E-state index in [9.17, 15) is 14.7 Å². The van der Waals surface area contributed by atoms with E-state index in [-0.39, 0.29) is 15.9 Å². The number of benzene rings is 3. The summed E-state index contributed by atoms with van der Waals surface area (Å²) >= 11 is 0.833. The number of phenolic OH excluding ortho intramolecular Hbond substituents is 1. The zero-order chi connectivity index (χ0) is 22.0. The summed E-state index contributed by atoms with van der Waals surface area (Å²) in [5, 5.41) is 18.3. The number of rotatable bonds is 4. The molecular formula is C24H19N3O3S. The van der Waals surface area contributed by atoms with Crippen molar-refractivity contribution in [3.63, 3.8) is 0 Å². The van der Waals surface area contributed by atoms with Crippen molar-refractivity contribution in [2.45, 2.75) is 13.8 Å². The molecule has 4 rings (SSSR count). The summed E-state index contributed by atoms with van der Waals surface area (Å²) in [7, 11) is 0. The second-order valence-corrected chi connectivity index (χ2v) is 8.06. The maximum atomic E-state index is 12.8. The van der Waals surface area contributed by atoms with Gasteiger partial charge in [-0.05, 0) is 85.3 Å². The van der Waals surface area contributed by atoms with E-state index in [1.54, 1.807) is 36.4 Å². The smallest absolute Gasteiger partial charge is 0.298 e. The first-order chi connectivity index (χ1) is 14.9. The number of thioether (sulfide) groups is 1. The van der Waals surface area contributed by atoms with Gasteiger partial charge in [0, 0.05) is 5.56 Å². The lowest BCUT2D eigenvalue weighted by molar-refractivity contribution is -0.113. The zero-order valence-electron chi connectivity index (χ0n) is 16.9. The number of nitrogens with zero attached hydrogens (tertiary/aromatic N) is 3. The Bertz CT molecular complexity index is 1240. The molecule has 0 aromatic heterocycles. The summed E-state index contributed by atoms with van der Waals surface area (Å²) < 4.78 is 0. The van der Waals surface area contributed by atoms with Crippen LogP contribution in [0.5, 0.6) is 5.75 Å². The first kappa shape index (κ1) is 20.6. The topological polar surface area (TPSA) is 82.3 Å². The molecule has 3 aromatic carbocycles. The number of phenols is 1. The first-order valence-corrected chi connectivity index (χ1v) is 10.4. The van der Waals surface area contributed by atoms with E-state index in [4.69, 9.17) is 0 Å². The molecule has 1 N–H and O–H groups in total. The maximum Gasteiger partial charge on any atom is 0.298 e. The van der Waals surface area contributed by atoms with Crippen molar-refractivity contribution < 1.29 is 14.7 Å². The Hall–Kier alpha value is -3.71. The standard InChI is InChI=1S/C24H19N3O3S/c1-15-8-9-18(12-16(15)2)25-26-19-10-11-21(28)17(13-19)14-22-23(29)27(24(30)31-22)20-6-4-3-5-7-20/h3-14,28H,1-2H3/b22-14-,26-25?. The number of hydrogen-bond donors (Lipinski definition) is 1. The highest BCUT2D eigenvalue weighted by molar-refractivity contribution is 8.19. The van der Waals surface area contributed by atoms with Crippen LogP contribution in [-0.4, -0.2) is 16.3 Å². The van der Waals surface area contributed by atoms with Gasteiger partial charge in [-0.1, -0.05) is 24.3 Å². The minimum Gasteiger partial charge on any atom is -0.507 e. The zero-order valence-corrected chi connectivity index (χ0v) is 17.8. The lowest BCUT2D eigenvalue weighted by atomic mass is 10.1. The quantitative estimate of drug-likeness (QED) is 0.371. The number of azo groups is 1. The number of imide groups is 1. The van der Waals surface area contributed by atoms with Crippen molar-refractivity contribution in [1.82, 2.24) is 0 Å². The molecule has 0 unspecified atom stereocenters. The van der Waals surface area contributed by atoms with Crippen LogP contribution in [0.2, 0.25) is 0 Å². The predicted molar refractivity (Wildman–Crippen MR) is 123 cm³/mol. The van der Waals surface area contributed by atoms with Gasteiger partial charge in [0.1, 0.15) is 5.75 Å². The largest absolute Gasteiger partial charge is 0.507 e. The summed E-state index contributed by atoms with van der Waals surface area (Å²) in [6.45, 7) is 4.04. The van der Waals surface area contributed by atoms with Crippen LogP contribution in [0.15, 0.2) is 81.9 Å². The molecular weight excluding hydrogens is 410 g/mol. The number of anilines is 1. The van der Waals surface area contributed by atoms with Gasteiger partial charge in [0.25, 0.3) is 11.1 Å². The molecule has 0 saturated carbocycles. The molecule has 0 atom stereocenters. The molecule has 154 valence electrons. The van der Waals surface area contributed by atoms with Crippen LogP contribution in [0.25, 0.3) is 6.08 Å². The molecule has 2 amide bonds. The highest BCUT2D eigenvalue weighted by Gasteiger charge is 2.36. The highest BCUT2D eigenvalue weighted by atomic mass is 32.2. The third kappa shape index (κ3) is 4.41. The summed E-state index contributed by atoms with van der Waals surface area (Å²) in [5.41, 5.74) is 4.43. The van der Waals surface area contributed by atoms with E-state index in [0.717, 1.165) is 27.9 Å². The number of para-hydroxylation sites is 1. The SMILES string of the molecule is Cc1ccc(N=Nc2ccc(O)c(/C=C3\SC(=O)N(c4ccccc4)C3=O)c2)cc1C. The van der Waals surface area contributed by atoms with Gasteiger partial charge in [0.05, 0.1) is 22.0 Å². The van der Waals surface area contributed by atoms with Crippen molar-refractivity contribution in [3.8, 4) is 5.75 Å². The van der Waals surface area contributed by atoms with Crippen LogP contribution in [0.1, 0.15) is 16.7 Å². The molecule has 7 heteroatoms. The van der Waals surface area contributed by atoms with Crippen LogP contribution in [0.4, 0.5) is 21.9 Å². The molecule has 1 aliphatic heterocycles. The van der Waals surface area contributed by atoms with Gasteiger partial charge < -0.3 is 5.11 Å². The van der Waals surface area contributed by atoms with Gasteiger partial charge in [0.15, 0.2) is 0 Å². The first-order valence-electron chi connectivity index (χ1n) is 9.57. The summed E-state index contributed by atoms with van der Waals surface area (Å²) in [6, 6.07) is 19.3. The van der Waals surface area contributed by atoms with Gasteiger partial charge in [0.2, 0.25) is 0 Å². The Balaban J connectivity index is 1.61. The van der Waals surface area contributed by atoms with Gasteiger partial charge in [-0.25, -0.2) is 4.90 Å². The fraction of sp³-hybridized carbons (Fsp3) is 0.0833. The van der Waals surface area contributed by atoms with Crippen molar-refractivity contribution in [2.75, 3.05) is 4.90 Å². The molecule has 0 aliphatic carbocycles. The van der Waals surface area contributed by atoms with Gasteiger partial charge in [-0.2, -0.15) is 10.2 Å². The molecule has 3 aromatic rings. The number of aryl methyl sites for hydroxylation is 2. The molecule has 1 saturated heterocycles. The molecule has 1 heterocycles. The Labute approximate surface area is 183 Å². The average Bonchev–Trinajstić information content (AvgIpc) is 3.04.